The molecule has 3 N–H and O–H groups in total. The first-order valence-corrected chi connectivity index (χ1v) is 8.22. The normalized spacial score (nSPS) is 12.4. The van der Waals surface area contributed by atoms with Gasteiger partial charge in [-0.1, -0.05) is 32.9 Å². The van der Waals surface area contributed by atoms with Crippen molar-refractivity contribution in [2.45, 2.75) is 39.2 Å². The number of rotatable bonds is 5. The molecule has 0 saturated carbocycles. The minimum absolute atomic E-state index is 0.0747. The first-order chi connectivity index (χ1) is 11.7. The Balaban J connectivity index is 2.04. The Morgan fingerprint density at radius 1 is 1.12 bits per heavy atom. The van der Waals surface area contributed by atoms with Crippen LogP contribution in [0.1, 0.15) is 33.3 Å². The largest absolute Gasteiger partial charge is 0.495 e. The number of nitrogens with two attached hydrogens (primary N) is 1. The van der Waals surface area contributed by atoms with Gasteiger partial charge in [-0.2, -0.15) is 0 Å². The number of hydrogen-bond donors (Lipinski definition) is 2. The molecule has 0 radical (unpaired) electrons. The molecule has 0 heterocycles. The molecule has 0 aliphatic heterocycles. The van der Waals surface area contributed by atoms with Crippen molar-refractivity contribution in [2.24, 2.45) is 0 Å². The first-order valence-electron chi connectivity index (χ1n) is 8.22. The summed E-state index contributed by atoms with van der Waals surface area (Å²) in [5, 5.41) is 2.79. The highest BCUT2D eigenvalue weighted by molar-refractivity contribution is 5.95. The Morgan fingerprint density at radius 2 is 1.76 bits per heavy atom. The van der Waals surface area contributed by atoms with Crippen LogP contribution in [0.3, 0.4) is 0 Å². The fourth-order valence-electron chi connectivity index (χ4n) is 2.35. The molecule has 2 rings (SSSR count). The molecule has 0 unspecified atom stereocenters. The maximum Gasteiger partial charge on any atom is 0.265 e. The summed E-state index contributed by atoms with van der Waals surface area (Å²) < 4.78 is 11.0. The van der Waals surface area contributed by atoms with Gasteiger partial charge in [0.1, 0.15) is 11.5 Å². The predicted octanol–water partition coefficient (Wildman–Crippen LogP) is 3.98. The number of carbonyl (C=O) groups excluding carboxylic acids is 1. The van der Waals surface area contributed by atoms with Crippen LogP contribution in [-0.2, 0) is 10.2 Å². The quantitative estimate of drug-likeness (QED) is 0.806. The number of carbonyl (C=O) groups is 1. The Kier molecular flexibility index (Phi) is 5.57. The van der Waals surface area contributed by atoms with Gasteiger partial charge in [-0.3, -0.25) is 4.79 Å². The Hall–Kier alpha value is -2.69. The zero-order valence-electron chi connectivity index (χ0n) is 15.4. The second-order valence-electron chi connectivity index (χ2n) is 6.98. The van der Waals surface area contributed by atoms with Crippen LogP contribution >= 0.6 is 0 Å². The van der Waals surface area contributed by atoms with E-state index in [1.54, 1.807) is 25.1 Å². The van der Waals surface area contributed by atoms with Gasteiger partial charge in [0, 0.05) is 5.69 Å². The van der Waals surface area contributed by atoms with Crippen molar-refractivity contribution in [3.63, 3.8) is 0 Å². The van der Waals surface area contributed by atoms with Crippen LogP contribution in [0, 0.1) is 0 Å². The van der Waals surface area contributed by atoms with Crippen molar-refractivity contribution in [2.75, 3.05) is 18.2 Å². The lowest BCUT2D eigenvalue weighted by atomic mass is 9.87. The number of nitrogens with one attached hydrogen (secondary N) is 1. The highest BCUT2D eigenvalue weighted by atomic mass is 16.5. The van der Waals surface area contributed by atoms with E-state index in [4.69, 9.17) is 15.2 Å². The molecular formula is C20H26N2O3. The zero-order chi connectivity index (χ0) is 18.6. The lowest BCUT2D eigenvalue weighted by Crippen LogP contribution is -2.30. The number of amides is 1. The number of hydrogen-bond acceptors (Lipinski definition) is 4. The fourth-order valence-corrected chi connectivity index (χ4v) is 2.35. The van der Waals surface area contributed by atoms with Gasteiger partial charge < -0.3 is 20.5 Å². The molecule has 5 heteroatoms. The van der Waals surface area contributed by atoms with E-state index in [0.717, 1.165) is 0 Å². The minimum atomic E-state index is -0.661. The van der Waals surface area contributed by atoms with E-state index in [2.05, 4.69) is 26.1 Å². The summed E-state index contributed by atoms with van der Waals surface area (Å²) >= 11 is 0. The van der Waals surface area contributed by atoms with Gasteiger partial charge in [-0.25, -0.2) is 0 Å². The number of anilines is 2. The molecule has 0 aromatic heterocycles. The molecule has 0 spiro atoms. The van der Waals surface area contributed by atoms with Crippen molar-refractivity contribution in [3.8, 4) is 11.5 Å². The fraction of sp³-hybridized carbons (Fsp3) is 0.350. The molecule has 5 nitrogen and oxygen atoms in total. The lowest BCUT2D eigenvalue weighted by Gasteiger charge is -2.20. The van der Waals surface area contributed by atoms with E-state index >= 15 is 0 Å². The maximum atomic E-state index is 12.4. The molecule has 1 atom stereocenters. The van der Waals surface area contributed by atoms with Gasteiger partial charge in [0.15, 0.2) is 6.10 Å². The number of methoxy groups -OCH3 is 1. The van der Waals surface area contributed by atoms with Gasteiger partial charge >= 0.3 is 0 Å². The molecule has 0 saturated heterocycles. The smallest absolute Gasteiger partial charge is 0.265 e. The van der Waals surface area contributed by atoms with E-state index in [1.165, 1.54) is 12.7 Å². The van der Waals surface area contributed by atoms with E-state index < -0.39 is 6.10 Å². The molecule has 0 aliphatic carbocycles. The standard InChI is InChI=1S/C20H26N2O3/c1-13(25-16-9-6-14(7-10-16)20(2,3)4)19(23)22-17-12-15(21)8-11-18(17)24-5/h6-13H,21H2,1-5H3,(H,22,23)/t13-/m1/s1. The average molecular weight is 342 g/mol. The summed E-state index contributed by atoms with van der Waals surface area (Å²) in [7, 11) is 1.54. The minimum Gasteiger partial charge on any atom is -0.495 e. The molecule has 2 aromatic carbocycles. The monoisotopic (exact) mass is 342 g/mol. The summed E-state index contributed by atoms with van der Waals surface area (Å²) in [5.74, 6) is 0.920. The summed E-state index contributed by atoms with van der Waals surface area (Å²) in [4.78, 5) is 12.4. The SMILES string of the molecule is COc1ccc(N)cc1NC(=O)[C@@H](C)Oc1ccc(C(C)(C)C)cc1. The van der Waals surface area contributed by atoms with Gasteiger partial charge in [0.2, 0.25) is 0 Å². The summed E-state index contributed by atoms with van der Waals surface area (Å²) in [6, 6.07) is 12.9. The molecule has 1 amide bonds. The van der Waals surface area contributed by atoms with E-state index in [-0.39, 0.29) is 11.3 Å². The Bertz CT molecular complexity index is 734. The topological polar surface area (TPSA) is 73.6 Å². The highest BCUT2D eigenvalue weighted by Crippen LogP contribution is 2.27. The molecule has 134 valence electrons. The summed E-state index contributed by atoms with van der Waals surface area (Å²) in [5.41, 5.74) is 8.12. The van der Waals surface area contributed by atoms with Gasteiger partial charge in [-0.05, 0) is 48.2 Å². The van der Waals surface area contributed by atoms with Crippen LogP contribution in [0.25, 0.3) is 0 Å². The lowest BCUT2D eigenvalue weighted by molar-refractivity contribution is -0.122. The third-order valence-corrected chi connectivity index (χ3v) is 3.88. The van der Waals surface area contributed by atoms with E-state index in [1.807, 2.05) is 24.3 Å². The Morgan fingerprint density at radius 3 is 2.32 bits per heavy atom. The zero-order valence-corrected chi connectivity index (χ0v) is 15.4. The van der Waals surface area contributed by atoms with Crippen molar-refractivity contribution >= 4 is 17.3 Å². The Labute approximate surface area is 149 Å². The maximum absolute atomic E-state index is 12.4. The number of ether oxygens (including phenoxy) is 2. The summed E-state index contributed by atoms with van der Waals surface area (Å²) in [6.45, 7) is 8.15. The van der Waals surface area contributed by atoms with Crippen molar-refractivity contribution in [3.05, 3.63) is 48.0 Å². The molecule has 0 bridgehead atoms. The number of benzene rings is 2. The predicted molar refractivity (Wildman–Crippen MR) is 101 cm³/mol. The van der Waals surface area contributed by atoms with Crippen molar-refractivity contribution < 1.29 is 14.3 Å². The van der Waals surface area contributed by atoms with Gasteiger partial charge in [-0.15, -0.1) is 0 Å². The first kappa shape index (κ1) is 18.6. The third-order valence-electron chi connectivity index (χ3n) is 3.88. The summed E-state index contributed by atoms with van der Waals surface area (Å²) in [6.07, 6.45) is -0.661. The molecule has 0 aliphatic rings. The van der Waals surface area contributed by atoms with Crippen LogP contribution < -0.4 is 20.5 Å². The van der Waals surface area contributed by atoms with E-state index in [0.29, 0.717) is 22.9 Å². The second-order valence-corrected chi connectivity index (χ2v) is 6.98. The van der Waals surface area contributed by atoms with E-state index in [9.17, 15) is 4.79 Å². The van der Waals surface area contributed by atoms with Crippen LogP contribution in [-0.4, -0.2) is 19.1 Å². The highest BCUT2D eigenvalue weighted by Gasteiger charge is 2.18. The molecule has 2 aromatic rings. The second kappa shape index (κ2) is 7.47. The third kappa shape index (κ3) is 4.89. The van der Waals surface area contributed by atoms with Crippen LogP contribution in [0.4, 0.5) is 11.4 Å². The average Bonchev–Trinajstić information content (AvgIpc) is 2.54. The van der Waals surface area contributed by atoms with Crippen molar-refractivity contribution in [1.29, 1.82) is 0 Å². The number of nitrogen functional groups attached to an aromatic ring is 1. The van der Waals surface area contributed by atoms with Crippen LogP contribution in [0.5, 0.6) is 11.5 Å². The molecular weight excluding hydrogens is 316 g/mol. The molecule has 25 heavy (non-hydrogen) atoms. The molecule has 0 fully saturated rings. The van der Waals surface area contributed by atoms with Crippen molar-refractivity contribution in [1.82, 2.24) is 0 Å². The van der Waals surface area contributed by atoms with Gasteiger partial charge in [0.05, 0.1) is 12.8 Å². The van der Waals surface area contributed by atoms with Crippen LogP contribution in [0.2, 0.25) is 0 Å². The van der Waals surface area contributed by atoms with Gasteiger partial charge in [0.25, 0.3) is 5.91 Å². The van der Waals surface area contributed by atoms with Crippen LogP contribution in [0.15, 0.2) is 42.5 Å².